The van der Waals surface area contributed by atoms with Crippen LogP contribution in [0, 0.1) is 6.92 Å². The number of aromatic amines is 1. The molecular formula is C25H22ClN3O4. The summed E-state index contributed by atoms with van der Waals surface area (Å²) in [6.45, 7) is 4.99. The van der Waals surface area contributed by atoms with Gasteiger partial charge in [-0.1, -0.05) is 29.8 Å². The van der Waals surface area contributed by atoms with Gasteiger partial charge in [-0.05, 0) is 42.8 Å². The third kappa shape index (κ3) is 4.37. The topological polar surface area (TPSA) is 87.7 Å². The van der Waals surface area contributed by atoms with Gasteiger partial charge < -0.3 is 24.5 Å². The van der Waals surface area contributed by atoms with E-state index in [1.54, 1.807) is 25.1 Å². The molecule has 1 aliphatic rings. The Labute approximate surface area is 195 Å². The zero-order valence-electron chi connectivity index (χ0n) is 18.0. The number of anilines is 1. The molecule has 5 rings (SSSR count). The number of hydrogen-bond acceptors (Lipinski definition) is 5. The Hall–Kier alpha value is -3.55. The van der Waals surface area contributed by atoms with Crippen LogP contribution in [0.2, 0.25) is 5.02 Å². The lowest BCUT2D eigenvalue weighted by atomic mass is 10.1. The summed E-state index contributed by atoms with van der Waals surface area (Å²) >= 11 is 6.55. The second kappa shape index (κ2) is 8.77. The van der Waals surface area contributed by atoms with Gasteiger partial charge in [-0.3, -0.25) is 0 Å². The number of morpholine rings is 1. The minimum Gasteiger partial charge on any atom is -0.478 e. The first-order valence-electron chi connectivity index (χ1n) is 10.6. The molecule has 0 saturated carbocycles. The van der Waals surface area contributed by atoms with Crippen molar-refractivity contribution in [3.63, 3.8) is 0 Å². The number of carboxylic acid groups (broad SMARTS) is 1. The second-order valence-corrected chi connectivity index (χ2v) is 8.32. The highest BCUT2D eigenvalue weighted by Crippen LogP contribution is 2.33. The third-order valence-corrected chi connectivity index (χ3v) is 6.00. The molecule has 1 aliphatic heterocycles. The molecular weight excluding hydrogens is 442 g/mol. The molecule has 8 heteroatoms. The molecule has 0 radical (unpaired) electrons. The Morgan fingerprint density at radius 1 is 1.12 bits per heavy atom. The fourth-order valence-electron chi connectivity index (χ4n) is 3.94. The van der Waals surface area contributed by atoms with Crippen LogP contribution < -0.4 is 9.64 Å². The number of nitrogens with one attached hydrogen (secondary N) is 1. The average molecular weight is 464 g/mol. The van der Waals surface area contributed by atoms with Gasteiger partial charge in [-0.15, -0.1) is 0 Å². The van der Waals surface area contributed by atoms with Gasteiger partial charge in [0.15, 0.2) is 5.88 Å². The normalized spacial score (nSPS) is 13.9. The van der Waals surface area contributed by atoms with E-state index in [2.05, 4.69) is 22.0 Å². The number of hydrogen-bond donors (Lipinski definition) is 2. The highest BCUT2D eigenvalue weighted by atomic mass is 35.5. The van der Waals surface area contributed by atoms with E-state index in [9.17, 15) is 9.90 Å². The maximum Gasteiger partial charge on any atom is 0.336 e. The number of fused-ring (bicyclic) bond motifs is 1. The standard InChI is InChI=1S/C25H22ClN3O4/c1-15-2-7-18(12-19(15)25(30)31)33-23-14-22-21(27-23)13-20(26)24(28-22)16-3-5-17(6-4-16)29-8-10-32-11-9-29/h2-7,12-14,27H,8-11H2,1H3,(H,30,31). The van der Waals surface area contributed by atoms with Crippen LogP contribution >= 0.6 is 11.6 Å². The number of H-pyrrole nitrogens is 1. The Balaban J connectivity index is 1.41. The first-order valence-corrected chi connectivity index (χ1v) is 11.0. The molecule has 1 fully saturated rings. The smallest absolute Gasteiger partial charge is 0.336 e. The van der Waals surface area contributed by atoms with Gasteiger partial charge in [-0.2, -0.15) is 0 Å². The van der Waals surface area contributed by atoms with Crippen LogP contribution in [0.15, 0.2) is 54.6 Å². The summed E-state index contributed by atoms with van der Waals surface area (Å²) in [6.07, 6.45) is 0. The summed E-state index contributed by atoms with van der Waals surface area (Å²) in [4.78, 5) is 21.6. The van der Waals surface area contributed by atoms with Crippen LogP contribution in [0.5, 0.6) is 11.6 Å². The Bertz CT molecular complexity index is 1330. The van der Waals surface area contributed by atoms with Gasteiger partial charge in [-0.25, -0.2) is 9.78 Å². The van der Waals surface area contributed by atoms with Crippen molar-refractivity contribution in [1.82, 2.24) is 9.97 Å². The number of nitrogens with zero attached hydrogens (tertiary/aromatic N) is 2. The zero-order valence-corrected chi connectivity index (χ0v) is 18.7. The van der Waals surface area contributed by atoms with Gasteiger partial charge in [0.05, 0.1) is 40.5 Å². The Morgan fingerprint density at radius 3 is 2.61 bits per heavy atom. The van der Waals surface area contributed by atoms with Gasteiger partial charge in [0.2, 0.25) is 0 Å². The number of aryl methyl sites for hydroxylation is 1. The minimum absolute atomic E-state index is 0.201. The number of benzene rings is 2. The highest BCUT2D eigenvalue weighted by molar-refractivity contribution is 6.33. The SMILES string of the molecule is Cc1ccc(Oc2cc3nc(-c4ccc(N5CCOCC5)cc4)c(Cl)cc3[nH]2)cc1C(=O)O. The van der Waals surface area contributed by atoms with E-state index in [0.29, 0.717) is 33.4 Å². The summed E-state index contributed by atoms with van der Waals surface area (Å²) in [6, 6.07) is 16.7. The van der Waals surface area contributed by atoms with E-state index < -0.39 is 5.97 Å². The molecule has 0 bridgehead atoms. The number of carboxylic acids is 1. The lowest BCUT2D eigenvalue weighted by Gasteiger charge is -2.28. The number of pyridine rings is 1. The Morgan fingerprint density at radius 2 is 1.88 bits per heavy atom. The zero-order chi connectivity index (χ0) is 22.9. The van der Waals surface area contributed by atoms with E-state index in [0.717, 1.165) is 43.1 Å². The summed E-state index contributed by atoms with van der Waals surface area (Å²) in [5, 5.41) is 9.86. The van der Waals surface area contributed by atoms with E-state index in [1.807, 2.05) is 18.2 Å². The van der Waals surface area contributed by atoms with Crippen molar-refractivity contribution in [2.45, 2.75) is 6.92 Å². The molecule has 0 aliphatic carbocycles. The monoisotopic (exact) mass is 463 g/mol. The van der Waals surface area contributed by atoms with Crippen molar-refractivity contribution in [1.29, 1.82) is 0 Å². The van der Waals surface area contributed by atoms with Gasteiger partial charge in [0.1, 0.15) is 5.75 Å². The number of rotatable bonds is 5. The fourth-order valence-corrected chi connectivity index (χ4v) is 4.20. The summed E-state index contributed by atoms with van der Waals surface area (Å²) in [7, 11) is 0. The molecule has 0 spiro atoms. The van der Waals surface area contributed by atoms with Gasteiger partial charge >= 0.3 is 5.97 Å². The quantitative estimate of drug-likeness (QED) is 0.405. The lowest BCUT2D eigenvalue weighted by Crippen LogP contribution is -2.36. The second-order valence-electron chi connectivity index (χ2n) is 7.92. The molecule has 7 nitrogen and oxygen atoms in total. The maximum absolute atomic E-state index is 11.4. The first kappa shape index (κ1) is 21.3. The largest absolute Gasteiger partial charge is 0.478 e. The van der Waals surface area contributed by atoms with Crippen molar-refractivity contribution >= 4 is 34.3 Å². The number of aromatic nitrogens is 2. The van der Waals surface area contributed by atoms with Crippen LogP contribution in [0.25, 0.3) is 22.3 Å². The van der Waals surface area contributed by atoms with Crippen molar-refractivity contribution < 1.29 is 19.4 Å². The maximum atomic E-state index is 11.4. The molecule has 0 unspecified atom stereocenters. The van der Waals surface area contributed by atoms with Crippen LogP contribution in [-0.4, -0.2) is 47.3 Å². The molecule has 0 amide bonds. The molecule has 3 heterocycles. The van der Waals surface area contributed by atoms with Crippen molar-refractivity contribution in [2.24, 2.45) is 0 Å². The van der Waals surface area contributed by atoms with E-state index >= 15 is 0 Å². The van der Waals surface area contributed by atoms with E-state index in [1.165, 1.54) is 6.07 Å². The minimum atomic E-state index is -0.993. The van der Waals surface area contributed by atoms with Crippen LogP contribution in [0.4, 0.5) is 5.69 Å². The summed E-state index contributed by atoms with van der Waals surface area (Å²) in [5.41, 5.74) is 5.06. The average Bonchev–Trinajstić information content (AvgIpc) is 3.21. The number of carbonyl (C=O) groups is 1. The molecule has 168 valence electrons. The Kier molecular flexibility index (Phi) is 5.66. The van der Waals surface area contributed by atoms with Crippen LogP contribution in [-0.2, 0) is 4.74 Å². The van der Waals surface area contributed by atoms with Crippen LogP contribution in [0.3, 0.4) is 0 Å². The third-order valence-electron chi connectivity index (χ3n) is 5.72. The van der Waals surface area contributed by atoms with E-state index in [4.69, 9.17) is 26.1 Å². The number of halogens is 1. The van der Waals surface area contributed by atoms with Crippen molar-refractivity contribution in [3.05, 3.63) is 70.7 Å². The van der Waals surface area contributed by atoms with Crippen LogP contribution in [0.1, 0.15) is 15.9 Å². The van der Waals surface area contributed by atoms with Crippen molar-refractivity contribution in [3.8, 4) is 22.9 Å². The van der Waals surface area contributed by atoms with E-state index in [-0.39, 0.29) is 5.56 Å². The molecule has 4 aromatic rings. The van der Waals surface area contributed by atoms with Gasteiger partial charge in [0.25, 0.3) is 0 Å². The fraction of sp³-hybridized carbons (Fsp3) is 0.200. The summed E-state index contributed by atoms with van der Waals surface area (Å²) in [5.74, 6) is -0.115. The number of ether oxygens (including phenoxy) is 2. The molecule has 33 heavy (non-hydrogen) atoms. The highest BCUT2D eigenvalue weighted by Gasteiger charge is 2.15. The molecule has 2 N–H and O–H groups in total. The predicted octanol–water partition coefficient (Wildman–Crippen LogP) is 5.52. The summed E-state index contributed by atoms with van der Waals surface area (Å²) < 4.78 is 11.3. The lowest BCUT2D eigenvalue weighted by molar-refractivity contribution is 0.0695. The molecule has 2 aromatic heterocycles. The molecule has 1 saturated heterocycles. The molecule has 2 aromatic carbocycles. The van der Waals surface area contributed by atoms with Gasteiger partial charge in [0, 0.05) is 30.4 Å². The first-order chi connectivity index (χ1) is 16.0. The van der Waals surface area contributed by atoms with Crippen molar-refractivity contribution in [2.75, 3.05) is 31.2 Å². The molecule has 0 atom stereocenters. The number of aromatic carboxylic acids is 1. The predicted molar refractivity (Wildman–Crippen MR) is 128 cm³/mol.